The van der Waals surface area contributed by atoms with E-state index in [1.807, 2.05) is 26.0 Å². The molecule has 0 fully saturated rings. The second-order valence-electron chi connectivity index (χ2n) is 5.29. The fraction of sp³-hybridized carbons (Fsp3) is 0.211. The van der Waals surface area contributed by atoms with Gasteiger partial charge in [-0.3, -0.25) is 9.55 Å². The van der Waals surface area contributed by atoms with Crippen LogP contribution in [0.25, 0.3) is 0 Å². The van der Waals surface area contributed by atoms with E-state index < -0.39 is 10.1 Å². The highest BCUT2D eigenvalue weighted by Crippen LogP contribution is 2.27. The molecule has 0 heterocycles. The van der Waals surface area contributed by atoms with Gasteiger partial charge < -0.3 is 0 Å². The maximum absolute atomic E-state index is 11.6. The predicted molar refractivity (Wildman–Crippen MR) is 106 cm³/mol. The normalized spacial score (nSPS) is 17.1. The Morgan fingerprint density at radius 3 is 2.62 bits per heavy atom. The van der Waals surface area contributed by atoms with Gasteiger partial charge in [0.15, 0.2) is 0 Å². The van der Waals surface area contributed by atoms with Crippen LogP contribution in [0, 0.1) is 0 Å². The van der Waals surface area contributed by atoms with Crippen molar-refractivity contribution in [3.8, 4) is 0 Å². The van der Waals surface area contributed by atoms with Crippen molar-refractivity contribution < 1.29 is 13.0 Å². The number of nitrogens with zero attached hydrogens (tertiary/aromatic N) is 3. The van der Waals surface area contributed by atoms with Crippen molar-refractivity contribution in [3.05, 3.63) is 82.8 Å². The van der Waals surface area contributed by atoms with Crippen LogP contribution in [0.1, 0.15) is 27.2 Å². The van der Waals surface area contributed by atoms with Gasteiger partial charge in [-0.1, -0.05) is 37.0 Å². The molecular weight excluding hydrogens is 350 g/mol. The molecule has 0 aliphatic heterocycles. The van der Waals surface area contributed by atoms with Gasteiger partial charge in [-0.25, -0.2) is 0 Å². The minimum absolute atomic E-state index is 0.0113. The summed E-state index contributed by atoms with van der Waals surface area (Å²) in [6, 6.07) is 0. The SMILES string of the molecule is C=C(/C=C\C=C/C)N=NC1=CCC(S(=O)(=O)O)=C(C)C(C=N/C=C\C)=C1. The van der Waals surface area contributed by atoms with E-state index in [0.717, 1.165) is 0 Å². The second kappa shape index (κ2) is 10.4. The van der Waals surface area contributed by atoms with Gasteiger partial charge in [-0.2, -0.15) is 18.6 Å². The van der Waals surface area contributed by atoms with Crippen LogP contribution in [0.2, 0.25) is 0 Å². The Hall–Kier alpha value is -2.64. The molecule has 0 unspecified atom stereocenters. The summed E-state index contributed by atoms with van der Waals surface area (Å²) in [6.45, 7) is 9.10. The Morgan fingerprint density at radius 1 is 1.27 bits per heavy atom. The van der Waals surface area contributed by atoms with E-state index in [9.17, 15) is 13.0 Å². The zero-order chi connectivity index (χ0) is 19.6. The van der Waals surface area contributed by atoms with Crippen LogP contribution < -0.4 is 0 Å². The summed E-state index contributed by atoms with van der Waals surface area (Å²) in [5, 5.41) is 8.12. The van der Waals surface area contributed by atoms with E-state index in [0.29, 0.717) is 22.5 Å². The summed E-state index contributed by atoms with van der Waals surface area (Å²) in [5.41, 5.74) is 1.83. The molecule has 6 nitrogen and oxygen atoms in total. The van der Waals surface area contributed by atoms with Crippen molar-refractivity contribution in [2.75, 3.05) is 0 Å². The summed E-state index contributed by atoms with van der Waals surface area (Å²) >= 11 is 0. The molecule has 0 aromatic heterocycles. The topological polar surface area (TPSA) is 91.5 Å². The number of hydrogen-bond acceptors (Lipinski definition) is 5. The van der Waals surface area contributed by atoms with E-state index in [2.05, 4.69) is 21.8 Å². The highest BCUT2D eigenvalue weighted by molar-refractivity contribution is 7.89. The zero-order valence-electron chi connectivity index (χ0n) is 15.1. The molecule has 0 aromatic carbocycles. The molecule has 0 bridgehead atoms. The molecule has 0 saturated heterocycles. The summed E-state index contributed by atoms with van der Waals surface area (Å²) < 4.78 is 32.8. The molecule has 138 valence electrons. The van der Waals surface area contributed by atoms with Gasteiger partial charge in [-0.15, -0.1) is 0 Å². The van der Waals surface area contributed by atoms with Crippen molar-refractivity contribution >= 4 is 16.3 Å². The molecule has 1 aliphatic carbocycles. The lowest BCUT2D eigenvalue weighted by Gasteiger charge is -2.06. The summed E-state index contributed by atoms with van der Waals surface area (Å²) in [5.74, 6) is 0. The Morgan fingerprint density at radius 2 is 2.00 bits per heavy atom. The first-order chi connectivity index (χ1) is 12.3. The maximum Gasteiger partial charge on any atom is 0.291 e. The Balaban J connectivity index is 3.23. The van der Waals surface area contributed by atoms with E-state index in [1.165, 1.54) is 6.21 Å². The smallest absolute Gasteiger partial charge is 0.282 e. The first-order valence-corrected chi connectivity index (χ1v) is 9.37. The Labute approximate surface area is 154 Å². The minimum Gasteiger partial charge on any atom is -0.282 e. The molecule has 1 rings (SSSR count). The number of aliphatic imine (C=N–C) groups is 1. The van der Waals surface area contributed by atoms with Gasteiger partial charge in [0.05, 0.1) is 16.3 Å². The summed E-state index contributed by atoms with van der Waals surface area (Å²) in [4.78, 5) is 3.99. The number of allylic oxidation sites excluding steroid dienone is 10. The Kier molecular flexibility index (Phi) is 8.54. The van der Waals surface area contributed by atoms with Crippen LogP contribution in [-0.4, -0.2) is 19.2 Å². The third-order valence-corrected chi connectivity index (χ3v) is 4.39. The van der Waals surface area contributed by atoms with E-state index in [4.69, 9.17) is 0 Å². The van der Waals surface area contributed by atoms with Crippen LogP contribution in [-0.2, 0) is 10.1 Å². The van der Waals surface area contributed by atoms with Gasteiger partial charge in [0.2, 0.25) is 0 Å². The molecule has 0 atom stereocenters. The van der Waals surface area contributed by atoms with Gasteiger partial charge in [0.1, 0.15) is 0 Å². The molecule has 7 heteroatoms. The van der Waals surface area contributed by atoms with Crippen LogP contribution in [0.4, 0.5) is 0 Å². The first-order valence-electron chi connectivity index (χ1n) is 7.93. The lowest BCUT2D eigenvalue weighted by Crippen LogP contribution is -2.05. The number of rotatable bonds is 7. The lowest BCUT2D eigenvalue weighted by molar-refractivity contribution is 0.489. The largest absolute Gasteiger partial charge is 0.291 e. The highest BCUT2D eigenvalue weighted by atomic mass is 32.2. The Bertz CT molecular complexity index is 881. The zero-order valence-corrected chi connectivity index (χ0v) is 15.9. The predicted octanol–water partition coefficient (Wildman–Crippen LogP) is 5.06. The van der Waals surface area contributed by atoms with Gasteiger partial charge in [0.25, 0.3) is 10.1 Å². The molecular formula is C19H23N3O3S. The summed E-state index contributed by atoms with van der Waals surface area (Å²) in [7, 11) is -4.33. The van der Waals surface area contributed by atoms with Crippen molar-refractivity contribution in [2.24, 2.45) is 15.2 Å². The summed E-state index contributed by atoms with van der Waals surface area (Å²) in [6.07, 6.45) is 15.3. The number of azo groups is 1. The van der Waals surface area contributed by atoms with Gasteiger partial charge in [-0.05, 0) is 44.1 Å². The molecule has 0 aromatic rings. The van der Waals surface area contributed by atoms with Crippen molar-refractivity contribution in [3.63, 3.8) is 0 Å². The molecule has 0 spiro atoms. The molecule has 26 heavy (non-hydrogen) atoms. The quantitative estimate of drug-likeness (QED) is 0.292. The van der Waals surface area contributed by atoms with Gasteiger partial charge in [0, 0.05) is 18.8 Å². The minimum atomic E-state index is -4.33. The highest BCUT2D eigenvalue weighted by Gasteiger charge is 2.20. The molecule has 1 N–H and O–H groups in total. The van der Waals surface area contributed by atoms with Crippen LogP contribution in [0.5, 0.6) is 0 Å². The van der Waals surface area contributed by atoms with Crippen LogP contribution in [0.3, 0.4) is 0 Å². The molecule has 1 aliphatic rings. The second-order valence-corrected chi connectivity index (χ2v) is 6.74. The monoisotopic (exact) mass is 373 g/mol. The standard InChI is InChI=1S/C19H23N3O3S/c1-5-7-8-9-15(3)21-22-18-10-11-19(26(23,24)25)16(4)17(13-18)14-20-12-6-2/h5-10,12-14H,3,11H2,1-2,4H3,(H,23,24,25)/b7-5-,9-8-,12-6-,20-14?,22-21?. The average Bonchev–Trinajstić information content (AvgIpc) is 2.72. The molecule has 0 amide bonds. The third kappa shape index (κ3) is 7.08. The third-order valence-electron chi connectivity index (χ3n) is 3.30. The fourth-order valence-electron chi connectivity index (χ4n) is 1.98. The fourth-order valence-corrected chi connectivity index (χ4v) is 2.78. The van der Waals surface area contributed by atoms with Crippen LogP contribution >= 0.6 is 0 Å². The molecule has 0 radical (unpaired) electrons. The van der Waals surface area contributed by atoms with E-state index in [1.54, 1.807) is 43.5 Å². The average molecular weight is 373 g/mol. The van der Waals surface area contributed by atoms with E-state index in [-0.39, 0.29) is 11.3 Å². The number of hydrogen-bond donors (Lipinski definition) is 1. The van der Waals surface area contributed by atoms with Gasteiger partial charge >= 0.3 is 0 Å². The van der Waals surface area contributed by atoms with Crippen molar-refractivity contribution in [1.82, 2.24) is 0 Å². The van der Waals surface area contributed by atoms with E-state index >= 15 is 0 Å². The van der Waals surface area contributed by atoms with Crippen LogP contribution in [0.15, 0.2) is 98.0 Å². The molecule has 0 saturated carbocycles. The first kappa shape index (κ1) is 21.4. The lowest BCUT2D eigenvalue weighted by atomic mass is 10.1. The maximum atomic E-state index is 11.6. The van der Waals surface area contributed by atoms with Crippen molar-refractivity contribution in [2.45, 2.75) is 27.2 Å². The van der Waals surface area contributed by atoms with Crippen molar-refractivity contribution in [1.29, 1.82) is 0 Å².